The lowest BCUT2D eigenvalue weighted by molar-refractivity contribution is 0.0934. The Morgan fingerprint density at radius 1 is 1.25 bits per heavy atom. The molecule has 1 aromatic rings. The zero-order chi connectivity index (χ0) is 15.3. The smallest absolute Gasteiger partial charge is 0.255 e. The maximum absolute atomic E-state index is 12.3. The molecule has 0 unspecified atom stereocenters. The lowest BCUT2D eigenvalue weighted by Gasteiger charge is -2.25. The van der Waals surface area contributed by atoms with Crippen LogP contribution in [0.4, 0.5) is 0 Å². The number of rotatable bonds is 6. The van der Waals surface area contributed by atoms with Crippen LogP contribution in [-0.2, 0) is 0 Å². The average molecular weight is 298 g/mol. The molecule has 0 saturated carbocycles. The molecule has 0 aliphatic heterocycles. The number of hydrogen-bond acceptors (Lipinski definition) is 2. The molecule has 0 aliphatic rings. The number of carbonyl (C=O) groups is 1. The fourth-order valence-electron chi connectivity index (χ4n) is 2.40. The van der Waals surface area contributed by atoms with Gasteiger partial charge in [0.1, 0.15) is 5.75 Å². The molecular weight excluding hydrogens is 274 g/mol. The van der Waals surface area contributed by atoms with Gasteiger partial charge in [-0.1, -0.05) is 39.3 Å². The van der Waals surface area contributed by atoms with E-state index < -0.39 is 0 Å². The molecule has 0 aromatic heterocycles. The second kappa shape index (κ2) is 7.53. The van der Waals surface area contributed by atoms with Gasteiger partial charge >= 0.3 is 0 Å². The summed E-state index contributed by atoms with van der Waals surface area (Å²) in [7, 11) is 1.54. The van der Waals surface area contributed by atoms with Crippen LogP contribution in [0, 0.1) is 17.8 Å². The first-order valence-corrected chi connectivity index (χ1v) is 7.36. The molecule has 1 N–H and O–H groups in total. The fourth-order valence-corrected chi connectivity index (χ4v) is 2.56. The van der Waals surface area contributed by atoms with Gasteiger partial charge in [-0.15, -0.1) is 0 Å². The van der Waals surface area contributed by atoms with Crippen molar-refractivity contribution in [2.24, 2.45) is 17.8 Å². The number of methoxy groups -OCH3 is 1. The van der Waals surface area contributed by atoms with Crippen LogP contribution in [0.15, 0.2) is 18.2 Å². The van der Waals surface area contributed by atoms with Crippen LogP contribution < -0.4 is 10.1 Å². The standard InChI is InChI=1S/C16H24ClNO2/c1-10(2)14(11(3)4)9-18-16(19)13-7-6-12(17)8-15(13)20-5/h6-8,10-11,14H,9H2,1-5H3,(H,18,19). The average Bonchev–Trinajstić information content (AvgIpc) is 2.37. The number of nitrogens with one attached hydrogen (secondary N) is 1. The summed E-state index contributed by atoms with van der Waals surface area (Å²) < 4.78 is 5.20. The van der Waals surface area contributed by atoms with Crippen LogP contribution in [0.3, 0.4) is 0 Å². The predicted octanol–water partition coefficient (Wildman–Crippen LogP) is 4.01. The summed E-state index contributed by atoms with van der Waals surface area (Å²) in [5.41, 5.74) is 0.517. The zero-order valence-electron chi connectivity index (χ0n) is 12.9. The Hall–Kier alpha value is -1.22. The van der Waals surface area contributed by atoms with E-state index in [1.165, 1.54) is 7.11 Å². The van der Waals surface area contributed by atoms with Gasteiger partial charge in [0.2, 0.25) is 0 Å². The highest BCUT2D eigenvalue weighted by Gasteiger charge is 2.19. The minimum absolute atomic E-state index is 0.121. The van der Waals surface area contributed by atoms with Crippen molar-refractivity contribution in [3.05, 3.63) is 28.8 Å². The largest absolute Gasteiger partial charge is 0.496 e. The van der Waals surface area contributed by atoms with Crippen molar-refractivity contribution in [2.75, 3.05) is 13.7 Å². The lowest BCUT2D eigenvalue weighted by Crippen LogP contribution is -2.34. The SMILES string of the molecule is COc1cc(Cl)ccc1C(=O)NCC(C(C)C)C(C)C. The molecule has 0 fully saturated rings. The van der Waals surface area contributed by atoms with E-state index in [0.29, 0.717) is 40.6 Å². The first kappa shape index (κ1) is 16.8. The summed E-state index contributed by atoms with van der Waals surface area (Å²) in [6.07, 6.45) is 0. The van der Waals surface area contributed by atoms with Crippen molar-refractivity contribution in [3.63, 3.8) is 0 Å². The molecule has 0 spiro atoms. The zero-order valence-corrected chi connectivity index (χ0v) is 13.6. The summed E-state index contributed by atoms with van der Waals surface area (Å²) >= 11 is 5.90. The highest BCUT2D eigenvalue weighted by molar-refractivity contribution is 6.30. The van der Waals surface area contributed by atoms with E-state index >= 15 is 0 Å². The molecule has 1 rings (SSSR count). The van der Waals surface area contributed by atoms with Crippen LogP contribution in [0.5, 0.6) is 5.75 Å². The number of benzene rings is 1. The Morgan fingerprint density at radius 3 is 2.35 bits per heavy atom. The molecule has 0 atom stereocenters. The molecule has 3 nitrogen and oxygen atoms in total. The molecule has 0 saturated heterocycles. The molecule has 0 bridgehead atoms. The van der Waals surface area contributed by atoms with Crippen molar-refractivity contribution in [1.29, 1.82) is 0 Å². The van der Waals surface area contributed by atoms with Gasteiger partial charge in [-0.25, -0.2) is 0 Å². The highest BCUT2D eigenvalue weighted by Crippen LogP contribution is 2.24. The van der Waals surface area contributed by atoms with Gasteiger partial charge in [0.15, 0.2) is 0 Å². The lowest BCUT2D eigenvalue weighted by atomic mass is 9.85. The van der Waals surface area contributed by atoms with Crippen LogP contribution in [0.2, 0.25) is 5.02 Å². The van der Waals surface area contributed by atoms with E-state index in [-0.39, 0.29) is 5.91 Å². The number of halogens is 1. The van der Waals surface area contributed by atoms with E-state index in [1.807, 2.05) is 0 Å². The second-order valence-corrected chi connectivity index (χ2v) is 6.14. The van der Waals surface area contributed by atoms with Gasteiger partial charge in [0, 0.05) is 11.6 Å². The predicted molar refractivity (Wildman–Crippen MR) is 83.5 cm³/mol. The van der Waals surface area contributed by atoms with Crippen LogP contribution in [-0.4, -0.2) is 19.6 Å². The van der Waals surface area contributed by atoms with Crippen molar-refractivity contribution in [1.82, 2.24) is 5.32 Å². The third-order valence-corrected chi connectivity index (χ3v) is 3.85. The molecule has 1 amide bonds. The van der Waals surface area contributed by atoms with Gasteiger partial charge in [-0.05, 0) is 36.0 Å². The summed E-state index contributed by atoms with van der Waals surface area (Å²) in [5, 5.41) is 3.55. The first-order chi connectivity index (χ1) is 9.36. The Morgan fingerprint density at radius 2 is 1.85 bits per heavy atom. The van der Waals surface area contributed by atoms with Crippen molar-refractivity contribution in [3.8, 4) is 5.75 Å². The van der Waals surface area contributed by atoms with E-state index in [1.54, 1.807) is 18.2 Å². The Bertz CT molecular complexity index is 450. The quantitative estimate of drug-likeness (QED) is 0.861. The monoisotopic (exact) mass is 297 g/mol. The van der Waals surface area contributed by atoms with Crippen LogP contribution in [0.25, 0.3) is 0 Å². The highest BCUT2D eigenvalue weighted by atomic mass is 35.5. The fraction of sp³-hybridized carbons (Fsp3) is 0.562. The molecule has 0 heterocycles. The topological polar surface area (TPSA) is 38.3 Å². The van der Waals surface area contributed by atoms with E-state index in [9.17, 15) is 4.79 Å². The number of carbonyl (C=O) groups excluding carboxylic acids is 1. The van der Waals surface area contributed by atoms with Gasteiger partial charge in [-0.3, -0.25) is 4.79 Å². The van der Waals surface area contributed by atoms with Gasteiger partial charge in [-0.2, -0.15) is 0 Å². The Kier molecular flexibility index (Phi) is 6.34. The second-order valence-electron chi connectivity index (χ2n) is 5.71. The molecule has 0 radical (unpaired) electrons. The Labute approximate surface area is 126 Å². The number of hydrogen-bond donors (Lipinski definition) is 1. The third kappa shape index (κ3) is 4.41. The molecule has 4 heteroatoms. The summed E-state index contributed by atoms with van der Waals surface area (Å²) in [5.74, 6) is 1.90. The van der Waals surface area contributed by atoms with Gasteiger partial charge < -0.3 is 10.1 Å². The molecular formula is C16H24ClNO2. The molecule has 0 aliphatic carbocycles. The van der Waals surface area contributed by atoms with Crippen molar-refractivity contribution in [2.45, 2.75) is 27.7 Å². The summed E-state index contributed by atoms with van der Waals surface area (Å²) in [4.78, 5) is 12.3. The number of amides is 1. The Balaban J connectivity index is 2.76. The minimum Gasteiger partial charge on any atom is -0.496 e. The van der Waals surface area contributed by atoms with Gasteiger partial charge in [0.25, 0.3) is 5.91 Å². The van der Waals surface area contributed by atoms with Gasteiger partial charge in [0.05, 0.1) is 12.7 Å². The van der Waals surface area contributed by atoms with E-state index in [0.717, 1.165) is 0 Å². The van der Waals surface area contributed by atoms with Crippen LogP contribution >= 0.6 is 11.6 Å². The third-order valence-electron chi connectivity index (χ3n) is 3.62. The summed E-state index contributed by atoms with van der Waals surface area (Å²) in [6, 6.07) is 5.04. The van der Waals surface area contributed by atoms with Crippen LogP contribution in [0.1, 0.15) is 38.1 Å². The molecule has 20 heavy (non-hydrogen) atoms. The van der Waals surface area contributed by atoms with E-state index in [2.05, 4.69) is 33.0 Å². The molecule has 1 aromatic carbocycles. The number of ether oxygens (including phenoxy) is 1. The summed E-state index contributed by atoms with van der Waals surface area (Å²) in [6.45, 7) is 9.39. The van der Waals surface area contributed by atoms with Crippen molar-refractivity contribution >= 4 is 17.5 Å². The normalized spacial score (nSPS) is 11.2. The maximum Gasteiger partial charge on any atom is 0.255 e. The first-order valence-electron chi connectivity index (χ1n) is 6.98. The maximum atomic E-state index is 12.3. The molecule has 112 valence electrons. The minimum atomic E-state index is -0.121. The van der Waals surface area contributed by atoms with E-state index in [4.69, 9.17) is 16.3 Å². The van der Waals surface area contributed by atoms with Crippen molar-refractivity contribution < 1.29 is 9.53 Å².